The minimum absolute atomic E-state index is 0.0471. The number of anilines is 2. The number of nitrogens with zero attached hydrogens (tertiary/aromatic N) is 1. The van der Waals surface area contributed by atoms with Crippen LogP contribution in [0.5, 0.6) is 0 Å². The van der Waals surface area contributed by atoms with E-state index in [0.29, 0.717) is 18.1 Å². The van der Waals surface area contributed by atoms with Gasteiger partial charge < -0.3 is 16.0 Å². The molecule has 3 N–H and O–H groups in total. The van der Waals surface area contributed by atoms with Gasteiger partial charge in [0.05, 0.1) is 11.4 Å². The monoisotopic (exact) mass is 333 g/mol. The van der Waals surface area contributed by atoms with E-state index in [2.05, 4.69) is 5.32 Å². The molecule has 0 aromatic carbocycles. The first-order valence-electron chi connectivity index (χ1n) is 6.94. The molecule has 1 aromatic heterocycles. The Morgan fingerprint density at radius 2 is 1.95 bits per heavy atom. The van der Waals surface area contributed by atoms with Gasteiger partial charge in [0.2, 0.25) is 0 Å². The third-order valence-corrected chi connectivity index (χ3v) is 6.38. The zero-order valence-electron chi connectivity index (χ0n) is 12.9. The first kappa shape index (κ1) is 17.8. The summed E-state index contributed by atoms with van der Waals surface area (Å²) in [5.74, 6) is -0.364. The Morgan fingerprint density at radius 3 is 2.43 bits per heavy atom. The number of rotatable bonds is 7. The van der Waals surface area contributed by atoms with Crippen molar-refractivity contribution in [1.29, 1.82) is 0 Å². The first-order chi connectivity index (χ1) is 9.80. The van der Waals surface area contributed by atoms with Crippen molar-refractivity contribution >= 4 is 37.8 Å². The number of thiophene rings is 1. The average Bonchev–Trinajstić information content (AvgIpc) is 2.82. The topological polar surface area (TPSA) is 92.5 Å². The molecule has 0 aliphatic heterocycles. The van der Waals surface area contributed by atoms with Gasteiger partial charge in [-0.1, -0.05) is 13.8 Å². The van der Waals surface area contributed by atoms with E-state index in [9.17, 15) is 13.2 Å². The summed E-state index contributed by atoms with van der Waals surface area (Å²) in [6.45, 7) is 6.59. The fourth-order valence-electron chi connectivity index (χ4n) is 1.74. The van der Waals surface area contributed by atoms with Crippen LogP contribution in [0.2, 0.25) is 0 Å². The highest BCUT2D eigenvalue weighted by molar-refractivity contribution is 7.92. The summed E-state index contributed by atoms with van der Waals surface area (Å²) >= 11 is 1.13. The Morgan fingerprint density at radius 1 is 1.33 bits per heavy atom. The Balaban J connectivity index is 3.41. The van der Waals surface area contributed by atoms with Crippen molar-refractivity contribution in [3.63, 3.8) is 0 Å². The van der Waals surface area contributed by atoms with Gasteiger partial charge in [0, 0.05) is 20.1 Å². The summed E-state index contributed by atoms with van der Waals surface area (Å²) in [7, 11) is -1.70. The molecule has 0 aliphatic carbocycles. The van der Waals surface area contributed by atoms with Crippen LogP contribution < -0.4 is 16.0 Å². The quantitative estimate of drug-likeness (QED) is 0.792. The van der Waals surface area contributed by atoms with Gasteiger partial charge in [-0.2, -0.15) is 0 Å². The van der Waals surface area contributed by atoms with Crippen LogP contribution in [0.15, 0.2) is 4.90 Å². The van der Waals surface area contributed by atoms with Crippen LogP contribution in [0, 0.1) is 0 Å². The molecule has 1 amide bonds. The number of carbonyl (C=O) groups excluding carboxylic acids is 1. The van der Waals surface area contributed by atoms with Crippen LogP contribution in [-0.4, -0.2) is 40.2 Å². The molecule has 0 atom stereocenters. The van der Waals surface area contributed by atoms with E-state index >= 15 is 0 Å². The van der Waals surface area contributed by atoms with E-state index in [1.165, 1.54) is 0 Å². The zero-order chi connectivity index (χ0) is 16.2. The number of carbonyl (C=O) groups is 1. The Kier molecular flexibility index (Phi) is 6.03. The highest BCUT2D eigenvalue weighted by Gasteiger charge is 2.29. The molecule has 0 radical (unpaired) electrons. The molecular formula is C13H23N3O3S2. The molecule has 0 unspecified atom stereocenters. The number of hydrogen-bond acceptors (Lipinski definition) is 6. The van der Waals surface area contributed by atoms with Crippen molar-refractivity contribution in [3.8, 4) is 0 Å². The molecule has 6 nitrogen and oxygen atoms in total. The van der Waals surface area contributed by atoms with E-state index < -0.39 is 9.84 Å². The van der Waals surface area contributed by atoms with Crippen molar-refractivity contribution < 1.29 is 13.2 Å². The van der Waals surface area contributed by atoms with Gasteiger partial charge in [-0.15, -0.1) is 11.3 Å². The van der Waals surface area contributed by atoms with Crippen molar-refractivity contribution in [2.75, 3.05) is 36.5 Å². The van der Waals surface area contributed by atoms with Crippen molar-refractivity contribution in [1.82, 2.24) is 5.32 Å². The molecule has 1 aromatic rings. The standard InChI is InChI=1S/C13H23N3O3S2/c1-5-8-15-12(17)10-9(14)11(21(18,19)7-3)13(20-10)16(4)6-2/h5-8,14H2,1-4H3,(H,15,17). The van der Waals surface area contributed by atoms with Gasteiger partial charge in [-0.25, -0.2) is 8.42 Å². The number of nitrogen functional groups attached to an aromatic ring is 1. The van der Waals surface area contributed by atoms with E-state index in [4.69, 9.17) is 5.73 Å². The van der Waals surface area contributed by atoms with Crippen LogP contribution in [0.1, 0.15) is 36.9 Å². The summed E-state index contributed by atoms with van der Waals surface area (Å²) in [6.07, 6.45) is 0.804. The van der Waals surface area contributed by atoms with Gasteiger partial charge in [0.15, 0.2) is 9.84 Å². The molecule has 0 saturated carbocycles. The maximum atomic E-state index is 12.3. The van der Waals surface area contributed by atoms with Gasteiger partial charge in [0.25, 0.3) is 5.91 Å². The minimum Gasteiger partial charge on any atom is -0.396 e. The fourth-order valence-corrected chi connectivity index (χ4v) is 4.52. The van der Waals surface area contributed by atoms with E-state index in [1.807, 2.05) is 13.8 Å². The van der Waals surface area contributed by atoms with Crippen molar-refractivity contribution in [3.05, 3.63) is 4.88 Å². The molecule has 0 spiro atoms. The van der Waals surface area contributed by atoms with Gasteiger partial charge >= 0.3 is 0 Å². The maximum Gasteiger partial charge on any atom is 0.263 e. The van der Waals surface area contributed by atoms with Crippen LogP contribution in [0.3, 0.4) is 0 Å². The van der Waals surface area contributed by atoms with Crippen LogP contribution in [-0.2, 0) is 9.84 Å². The molecule has 8 heteroatoms. The third-order valence-electron chi connectivity index (χ3n) is 3.14. The van der Waals surface area contributed by atoms with Crippen LogP contribution in [0.25, 0.3) is 0 Å². The lowest BCUT2D eigenvalue weighted by Gasteiger charge is -2.16. The minimum atomic E-state index is -3.48. The predicted octanol–water partition coefficient (Wildman–Crippen LogP) is 1.72. The molecule has 0 aliphatic rings. The average molecular weight is 333 g/mol. The number of nitrogens with two attached hydrogens (primary N) is 1. The number of nitrogens with one attached hydrogen (secondary N) is 1. The predicted molar refractivity (Wildman–Crippen MR) is 88.0 cm³/mol. The molecule has 0 fully saturated rings. The molecule has 21 heavy (non-hydrogen) atoms. The zero-order valence-corrected chi connectivity index (χ0v) is 14.5. The number of sulfone groups is 1. The lowest BCUT2D eigenvalue weighted by atomic mass is 10.3. The summed E-state index contributed by atoms with van der Waals surface area (Å²) < 4.78 is 24.6. The van der Waals surface area contributed by atoms with E-state index in [1.54, 1.807) is 18.9 Å². The Bertz CT molecular complexity index is 608. The molecule has 1 heterocycles. The van der Waals surface area contributed by atoms with Gasteiger partial charge in [-0.05, 0) is 13.3 Å². The highest BCUT2D eigenvalue weighted by atomic mass is 32.2. The largest absolute Gasteiger partial charge is 0.396 e. The van der Waals surface area contributed by atoms with Gasteiger partial charge in [0.1, 0.15) is 14.8 Å². The second-order valence-electron chi connectivity index (χ2n) is 4.65. The fraction of sp³-hybridized carbons (Fsp3) is 0.615. The second-order valence-corrected chi connectivity index (χ2v) is 7.87. The SMILES string of the molecule is CCCNC(=O)c1sc(N(C)CC)c(S(=O)(=O)CC)c1N. The summed E-state index contributed by atoms with van der Waals surface area (Å²) in [4.78, 5) is 14.3. The van der Waals surface area contributed by atoms with Gasteiger partial charge in [-0.3, -0.25) is 4.79 Å². The summed E-state index contributed by atoms with van der Waals surface area (Å²) in [5, 5.41) is 3.26. The van der Waals surface area contributed by atoms with Crippen molar-refractivity contribution in [2.24, 2.45) is 0 Å². The normalized spacial score (nSPS) is 11.4. The molecular weight excluding hydrogens is 310 g/mol. The smallest absolute Gasteiger partial charge is 0.263 e. The maximum absolute atomic E-state index is 12.3. The van der Waals surface area contributed by atoms with Crippen molar-refractivity contribution in [2.45, 2.75) is 32.1 Å². The first-order valence-corrected chi connectivity index (χ1v) is 9.41. The van der Waals surface area contributed by atoms with E-state index in [0.717, 1.165) is 17.8 Å². The lowest BCUT2D eigenvalue weighted by molar-refractivity contribution is 0.0958. The van der Waals surface area contributed by atoms with Crippen LogP contribution >= 0.6 is 11.3 Å². The lowest BCUT2D eigenvalue weighted by Crippen LogP contribution is -2.24. The molecule has 1 rings (SSSR count). The Hall–Kier alpha value is -1.28. The van der Waals surface area contributed by atoms with E-state index in [-0.39, 0.29) is 27.1 Å². The molecule has 120 valence electrons. The number of hydrogen-bond donors (Lipinski definition) is 2. The summed E-state index contributed by atoms with van der Waals surface area (Å²) in [5.41, 5.74) is 6.04. The molecule has 0 saturated heterocycles. The number of amides is 1. The van der Waals surface area contributed by atoms with Crippen LogP contribution in [0.4, 0.5) is 10.7 Å². The second kappa shape index (κ2) is 7.13. The Labute approximate surface area is 130 Å². The molecule has 0 bridgehead atoms. The summed E-state index contributed by atoms with van der Waals surface area (Å²) in [6, 6.07) is 0. The highest BCUT2D eigenvalue weighted by Crippen LogP contribution is 2.41. The third kappa shape index (κ3) is 3.68.